The van der Waals surface area contributed by atoms with Crippen LogP contribution in [0.15, 0.2) is 170 Å². The lowest BCUT2D eigenvalue weighted by Crippen LogP contribution is -1.92. The Morgan fingerprint density at radius 2 is 0.750 bits per heavy atom. The first-order valence-electron chi connectivity index (χ1n) is 15.3. The number of hydrogen-bond acceptors (Lipinski definition) is 0. The van der Waals surface area contributed by atoms with E-state index in [4.69, 9.17) is 0 Å². The van der Waals surface area contributed by atoms with Gasteiger partial charge in [0.2, 0.25) is 0 Å². The fraction of sp³-hybridized carbons (Fsp3) is 0. The fourth-order valence-corrected chi connectivity index (χ4v) is 7.22. The van der Waals surface area contributed by atoms with Crippen molar-refractivity contribution in [1.29, 1.82) is 0 Å². The van der Waals surface area contributed by atoms with E-state index in [1.165, 1.54) is 87.2 Å². The molecule has 0 saturated heterocycles. The van der Waals surface area contributed by atoms with Crippen LogP contribution in [0.2, 0.25) is 0 Å². The van der Waals surface area contributed by atoms with Gasteiger partial charge in [0.25, 0.3) is 0 Å². The van der Waals surface area contributed by atoms with Crippen molar-refractivity contribution < 1.29 is 0 Å². The van der Waals surface area contributed by atoms with Crippen LogP contribution < -0.4 is 0 Å². The third-order valence-electron chi connectivity index (χ3n) is 9.20. The summed E-state index contributed by atoms with van der Waals surface area (Å²) in [5.41, 5.74) is 7.56. The van der Waals surface area contributed by atoms with Crippen molar-refractivity contribution in [2.75, 3.05) is 0 Å². The molecule has 204 valence electrons. The van der Waals surface area contributed by atoms with Crippen molar-refractivity contribution in [3.8, 4) is 33.4 Å². The molecular formula is C44H28. The Hall–Kier alpha value is -5.72. The van der Waals surface area contributed by atoms with Crippen molar-refractivity contribution in [2.45, 2.75) is 0 Å². The van der Waals surface area contributed by atoms with Crippen molar-refractivity contribution in [3.05, 3.63) is 170 Å². The lowest BCUT2D eigenvalue weighted by atomic mass is 9.83. The molecule has 9 aromatic carbocycles. The largest absolute Gasteiger partial charge is 0.0616 e. The molecule has 0 unspecified atom stereocenters. The second kappa shape index (κ2) is 9.93. The third-order valence-corrected chi connectivity index (χ3v) is 9.20. The minimum absolute atomic E-state index is 1.23. The average molecular weight is 557 g/mol. The number of fused-ring (bicyclic) bond motifs is 6. The first-order valence-corrected chi connectivity index (χ1v) is 15.3. The summed E-state index contributed by atoms with van der Waals surface area (Å²) in [5, 5.41) is 12.8. The molecule has 0 spiro atoms. The monoisotopic (exact) mass is 556 g/mol. The van der Waals surface area contributed by atoms with Crippen molar-refractivity contribution in [3.63, 3.8) is 0 Å². The molecule has 0 nitrogen and oxygen atoms in total. The van der Waals surface area contributed by atoms with E-state index >= 15 is 0 Å². The Bertz CT molecular complexity index is 2490. The lowest BCUT2D eigenvalue weighted by Gasteiger charge is -2.19. The normalized spacial score (nSPS) is 11.6. The van der Waals surface area contributed by atoms with E-state index in [-0.39, 0.29) is 0 Å². The molecular weight excluding hydrogens is 528 g/mol. The Labute approximate surface area is 256 Å². The van der Waals surface area contributed by atoms with E-state index in [0.717, 1.165) is 0 Å². The Morgan fingerprint density at radius 1 is 0.250 bits per heavy atom. The molecule has 0 aliphatic carbocycles. The molecule has 0 heteroatoms. The first-order chi connectivity index (χ1) is 21.8. The van der Waals surface area contributed by atoms with Crippen LogP contribution in [0.3, 0.4) is 0 Å². The van der Waals surface area contributed by atoms with Crippen LogP contribution in [-0.4, -0.2) is 0 Å². The maximum Gasteiger partial charge on any atom is -0.00199 e. The van der Waals surface area contributed by atoms with Crippen molar-refractivity contribution in [2.24, 2.45) is 0 Å². The Morgan fingerprint density at radius 3 is 1.50 bits per heavy atom. The zero-order chi connectivity index (χ0) is 29.0. The van der Waals surface area contributed by atoms with Crippen LogP contribution in [0.4, 0.5) is 0 Å². The van der Waals surface area contributed by atoms with Gasteiger partial charge in [-0.05, 0) is 99.4 Å². The van der Waals surface area contributed by atoms with Crippen LogP contribution in [-0.2, 0) is 0 Å². The maximum atomic E-state index is 2.36. The van der Waals surface area contributed by atoms with Crippen molar-refractivity contribution in [1.82, 2.24) is 0 Å². The van der Waals surface area contributed by atoms with E-state index < -0.39 is 0 Å². The van der Waals surface area contributed by atoms with Crippen LogP contribution in [0.1, 0.15) is 0 Å². The highest BCUT2D eigenvalue weighted by Gasteiger charge is 2.19. The summed E-state index contributed by atoms with van der Waals surface area (Å²) >= 11 is 0. The zero-order valence-corrected chi connectivity index (χ0v) is 24.2. The van der Waals surface area contributed by atoms with Gasteiger partial charge in [-0.25, -0.2) is 0 Å². The third kappa shape index (κ3) is 3.85. The smallest absolute Gasteiger partial charge is 0.00199 e. The quantitative estimate of drug-likeness (QED) is 0.150. The van der Waals surface area contributed by atoms with Gasteiger partial charge in [0.1, 0.15) is 0 Å². The van der Waals surface area contributed by atoms with E-state index in [1.54, 1.807) is 0 Å². The molecule has 9 aromatic rings. The van der Waals surface area contributed by atoms with Crippen molar-refractivity contribution >= 4 is 53.9 Å². The SMILES string of the molecule is c1cc(-c2ccc3ccccc3c2)cc(-c2c3ccccc3c(-c3cccc4ccc5ccccc5c34)c3ccccc23)c1. The molecule has 0 saturated carbocycles. The highest BCUT2D eigenvalue weighted by Crippen LogP contribution is 2.46. The van der Waals surface area contributed by atoms with Crippen LogP contribution in [0, 0.1) is 0 Å². The van der Waals surface area contributed by atoms with Gasteiger partial charge in [0.15, 0.2) is 0 Å². The molecule has 0 radical (unpaired) electrons. The summed E-state index contributed by atoms with van der Waals surface area (Å²) in [6.45, 7) is 0. The van der Waals surface area contributed by atoms with Gasteiger partial charge in [-0.15, -0.1) is 0 Å². The second-order valence-corrected chi connectivity index (χ2v) is 11.7. The second-order valence-electron chi connectivity index (χ2n) is 11.7. The molecule has 0 atom stereocenters. The highest BCUT2D eigenvalue weighted by molar-refractivity contribution is 6.26. The van der Waals surface area contributed by atoms with Gasteiger partial charge in [-0.2, -0.15) is 0 Å². The number of benzene rings is 9. The van der Waals surface area contributed by atoms with Gasteiger partial charge in [0.05, 0.1) is 0 Å². The van der Waals surface area contributed by atoms with Crippen LogP contribution in [0.25, 0.3) is 87.2 Å². The van der Waals surface area contributed by atoms with Gasteiger partial charge < -0.3 is 0 Å². The number of hydrogen-bond donors (Lipinski definition) is 0. The summed E-state index contributed by atoms with van der Waals surface area (Å²) in [6.07, 6.45) is 0. The topological polar surface area (TPSA) is 0 Å². The summed E-state index contributed by atoms with van der Waals surface area (Å²) in [4.78, 5) is 0. The maximum absolute atomic E-state index is 2.36. The van der Waals surface area contributed by atoms with E-state index in [0.29, 0.717) is 0 Å². The summed E-state index contributed by atoms with van der Waals surface area (Å²) in [7, 11) is 0. The number of rotatable bonds is 3. The van der Waals surface area contributed by atoms with Gasteiger partial charge in [-0.3, -0.25) is 0 Å². The molecule has 0 aliphatic rings. The molecule has 0 heterocycles. The minimum atomic E-state index is 1.23. The van der Waals surface area contributed by atoms with Gasteiger partial charge >= 0.3 is 0 Å². The lowest BCUT2D eigenvalue weighted by molar-refractivity contribution is 1.63. The standard InChI is InChI=1S/C44H28/c1-2-13-32-27-34(26-23-29(32)11-1)33-15-9-16-35(28-33)43-37-18-5-7-20-39(37)44(40-21-8-6-19-38(40)43)41-22-10-14-31-25-24-30-12-3-4-17-36(30)42(31)41/h1-28H. The Kier molecular flexibility index (Phi) is 5.61. The van der Waals surface area contributed by atoms with Gasteiger partial charge in [0, 0.05) is 0 Å². The highest BCUT2D eigenvalue weighted by atomic mass is 14.2. The zero-order valence-electron chi connectivity index (χ0n) is 24.2. The summed E-state index contributed by atoms with van der Waals surface area (Å²) < 4.78 is 0. The predicted octanol–water partition coefficient (Wildman–Crippen LogP) is 12.5. The van der Waals surface area contributed by atoms with E-state index in [2.05, 4.69) is 170 Å². The molecule has 0 amide bonds. The molecule has 0 N–H and O–H groups in total. The average Bonchev–Trinajstić information content (AvgIpc) is 3.10. The molecule has 0 aromatic heterocycles. The summed E-state index contributed by atoms with van der Waals surface area (Å²) in [5.74, 6) is 0. The molecule has 0 aliphatic heterocycles. The van der Waals surface area contributed by atoms with E-state index in [1.807, 2.05) is 0 Å². The van der Waals surface area contributed by atoms with Crippen LogP contribution >= 0.6 is 0 Å². The summed E-state index contributed by atoms with van der Waals surface area (Å²) in [6, 6.07) is 62.3. The molecule has 0 fully saturated rings. The Balaban J connectivity index is 1.35. The predicted molar refractivity (Wildman–Crippen MR) is 190 cm³/mol. The molecule has 9 rings (SSSR count). The molecule has 44 heavy (non-hydrogen) atoms. The first kappa shape index (κ1) is 24.8. The molecule has 0 bridgehead atoms. The minimum Gasteiger partial charge on any atom is -0.0616 e. The fourth-order valence-electron chi connectivity index (χ4n) is 7.22. The van der Waals surface area contributed by atoms with Gasteiger partial charge in [-0.1, -0.05) is 158 Å². The van der Waals surface area contributed by atoms with Crippen LogP contribution in [0.5, 0.6) is 0 Å². The van der Waals surface area contributed by atoms with E-state index in [9.17, 15) is 0 Å².